The molecule has 4 heteroatoms. The lowest BCUT2D eigenvalue weighted by Crippen LogP contribution is -2.35. The van der Waals surface area contributed by atoms with Gasteiger partial charge in [-0.05, 0) is 53.6 Å². The van der Waals surface area contributed by atoms with Crippen molar-refractivity contribution in [2.24, 2.45) is 5.92 Å². The van der Waals surface area contributed by atoms with Crippen LogP contribution in [-0.2, 0) is 0 Å². The maximum absolute atomic E-state index is 5.91. The van der Waals surface area contributed by atoms with Crippen LogP contribution in [0.4, 0.5) is 11.5 Å². The highest BCUT2D eigenvalue weighted by Gasteiger charge is 2.37. The van der Waals surface area contributed by atoms with Gasteiger partial charge in [0.05, 0.1) is 16.4 Å². The molecule has 1 aliphatic heterocycles. The number of nitrogen functional groups attached to an aromatic ring is 1. The third-order valence-electron chi connectivity index (χ3n) is 4.57. The van der Waals surface area contributed by atoms with Crippen molar-refractivity contribution in [3.8, 4) is 0 Å². The molecule has 2 atom stereocenters. The van der Waals surface area contributed by atoms with Crippen LogP contribution in [0, 0.1) is 12.8 Å². The number of nitrogens with two attached hydrogens (primary N) is 1. The van der Waals surface area contributed by atoms with Gasteiger partial charge < -0.3 is 10.6 Å². The molecule has 18 heavy (non-hydrogen) atoms. The lowest BCUT2D eigenvalue weighted by molar-refractivity contribution is 0.341. The first-order valence-electron chi connectivity index (χ1n) is 6.85. The summed E-state index contributed by atoms with van der Waals surface area (Å²) in [4.78, 5) is 7.07. The predicted octanol–water partition coefficient (Wildman–Crippen LogP) is 3.50. The van der Waals surface area contributed by atoms with E-state index in [0.717, 1.165) is 34.0 Å². The smallest absolute Gasteiger partial charge is 0.143 e. The zero-order chi connectivity index (χ0) is 12.7. The van der Waals surface area contributed by atoms with E-state index in [1.54, 1.807) is 6.20 Å². The molecule has 0 bridgehead atoms. The third-order valence-corrected chi connectivity index (χ3v) is 5.52. The largest absolute Gasteiger partial charge is 0.397 e. The van der Waals surface area contributed by atoms with Crippen molar-refractivity contribution in [2.75, 3.05) is 17.2 Å². The molecule has 1 saturated carbocycles. The summed E-state index contributed by atoms with van der Waals surface area (Å²) in [6.45, 7) is 3.20. The maximum Gasteiger partial charge on any atom is 0.143 e. The van der Waals surface area contributed by atoms with Gasteiger partial charge in [0.2, 0.25) is 0 Å². The Kier molecular flexibility index (Phi) is 3.22. The van der Waals surface area contributed by atoms with Gasteiger partial charge in [0, 0.05) is 12.6 Å². The van der Waals surface area contributed by atoms with Crippen LogP contribution in [0.2, 0.25) is 0 Å². The summed E-state index contributed by atoms with van der Waals surface area (Å²) in [6, 6.07) is 0.700. The van der Waals surface area contributed by atoms with Crippen LogP contribution < -0.4 is 10.6 Å². The average Bonchev–Trinajstić information content (AvgIpc) is 2.80. The average molecular weight is 310 g/mol. The highest BCUT2D eigenvalue weighted by Crippen LogP contribution is 2.41. The molecule has 2 fully saturated rings. The topological polar surface area (TPSA) is 42.1 Å². The van der Waals surface area contributed by atoms with Gasteiger partial charge >= 0.3 is 0 Å². The molecule has 0 radical (unpaired) electrons. The second-order valence-electron chi connectivity index (χ2n) is 5.57. The lowest BCUT2D eigenvalue weighted by Gasteiger charge is -2.33. The van der Waals surface area contributed by atoms with Crippen LogP contribution in [0.25, 0.3) is 0 Å². The molecule has 0 amide bonds. The van der Waals surface area contributed by atoms with Gasteiger partial charge in [0.15, 0.2) is 0 Å². The van der Waals surface area contributed by atoms with Gasteiger partial charge in [-0.25, -0.2) is 4.98 Å². The SMILES string of the molecule is Cc1c(N)cnc(N2CCC3CCCCC32)c1Br. The van der Waals surface area contributed by atoms with E-state index < -0.39 is 0 Å². The third kappa shape index (κ3) is 1.91. The molecule has 1 aliphatic carbocycles. The molecular formula is C14H20BrN3. The van der Waals surface area contributed by atoms with E-state index in [-0.39, 0.29) is 0 Å². The molecule has 2 aliphatic rings. The number of hydrogen-bond donors (Lipinski definition) is 1. The van der Waals surface area contributed by atoms with Crippen LogP contribution >= 0.6 is 15.9 Å². The van der Waals surface area contributed by atoms with Crippen molar-refractivity contribution < 1.29 is 0 Å². The molecule has 0 spiro atoms. The van der Waals surface area contributed by atoms with E-state index in [9.17, 15) is 0 Å². The quantitative estimate of drug-likeness (QED) is 0.863. The Hall–Kier alpha value is -0.770. The second-order valence-corrected chi connectivity index (χ2v) is 6.36. The molecule has 0 aromatic carbocycles. The molecule has 1 aromatic rings. The molecule has 98 valence electrons. The number of nitrogens with zero attached hydrogens (tertiary/aromatic N) is 2. The van der Waals surface area contributed by atoms with Gasteiger partial charge in [-0.3, -0.25) is 0 Å². The first-order chi connectivity index (χ1) is 8.68. The Morgan fingerprint density at radius 1 is 1.33 bits per heavy atom. The van der Waals surface area contributed by atoms with Gasteiger partial charge in [0.1, 0.15) is 5.82 Å². The van der Waals surface area contributed by atoms with Crippen molar-refractivity contribution in [2.45, 2.75) is 45.1 Å². The number of halogens is 1. The van der Waals surface area contributed by atoms with E-state index in [1.807, 2.05) is 0 Å². The van der Waals surface area contributed by atoms with Crippen LogP contribution in [0.1, 0.15) is 37.7 Å². The van der Waals surface area contributed by atoms with Crippen molar-refractivity contribution in [3.63, 3.8) is 0 Å². The molecule has 2 heterocycles. The highest BCUT2D eigenvalue weighted by atomic mass is 79.9. The molecule has 1 aromatic heterocycles. The summed E-state index contributed by atoms with van der Waals surface area (Å²) >= 11 is 3.67. The van der Waals surface area contributed by atoms with Crippen molar-refractivity contribution in [1.82, 2.24) is 4.98 Å². The second kappa shape index (κ2) is 4.72. The number of fused-ring (bicyclic) bond motifs is 1. The fourth-order valence-electron chi connectivity index (χ4n) is 3.45. The lowest BCUT2D eigenvalue weighted by atomic mass is 9.85. The summed E-state index contributed by atoms with van der Waals surface area (Å²) < 4.78 is 1.08. The Morgan fingerprint density at radius 2 is 2.11 bits per heavy atom. The monoisotopic (exact) mass is 309 g/mol. The molecule has 3 rings (SSSR count). The minimum absolute atomic E-state index is 0.700. The van der Waals surface area contributed by atoms with Crippen LogP contribution in [0.3, 0.4) is 0 Å². The van der Waals surface area contributed by atoms with Crippen molar-refractivity contribution in [1.29, 1.82) is 0 Å². The van der Waals surface area contributed by atoms with Crippen molar-refractivity contribution >= 4 is 27.4 Å². The minimum Gasteiger partial charge on any atom is -0.397 e. The normalized spacial score (nSPS) is 27.3. The van der Waals surface area contributed by atoms with E-state index in [0.29, 0.717) is 6.04 Å². The Morgan fingerprint density at radius 3 is 2.94 bits per heavy atom. The van der Waals surface area contributed by atoms with Crippen LogP contribution in [0.5, 0.6) is 0 Å². The molecule has 1 saturated heterocycles. The first-order valence-corrected chi connectivity index (χ1v) is 7.65. The van der Waals surface area contributed by atoms with Crippen LogP contribution in [0.15, 0.2) is 10.7 Å². The Labute approximate surface area is 117 Å². The fourth-order valence-corrected chi connectivity index (χ4v) is 4.01. The zero-order valence-corrected chi connectivity index (χ0v) is 12.4. The molecular weight excluding hydrogens is 290 g/mol. The number of anilines is 2. The molecule has 2 N–H and O–H groups in total. The van der Waals surface area contributed by atoms with E-state index in [4.69, 9.17) is 5.73 Å². The summed E-state index contributed by atoms with van der Waals surface area (Å²) in [5, 5.41) is 0. The number of pyridine rings is 1. The Bertz CT molecular complexity index is 461. The fraction of sp³-hybridized carbons (Fsp3) is 0.643. The van der Waals surface area contributed by atoms with E-state index >= 15 is 0 Å². The molecule has 2 unspecified atom stereocenters. The van der Waals surface area contributed by atoms with Gasteiger partial charge in [0.25, 0.3) is 0 Å². The number of aromatic nitrogens is 1. The van der Waals surface area contributed by atoms with Gasteiger partial charge in [-0.1, -0.05) is 12.8 Å². The summed E-state index contributed by atoms with van der Waals surface area (Å²) in [5.74, 6) is 1.97. The first kappa shape index (κ1) is 12.3. The summed E-state index contributed by atoms with van der Waals surface area (Å²) in [7, 11) is 0. The molecule has 3 nitrogen and oxygen atoms in total. The maximum atomic E-state index is 5.91. The van der Waals surface area contributed by atoms with E-state index in [1.165, 1.54) is 32.1 Å². The Balaban J connectivity index is 1.93. The number of rotatable bonds is 1. The summed E-state index contributed by atoms with van der Waals surface area (Å²) in [5.41, 5.74) is 7.79. The standard InChI is InChI=1S/C14H20BrN3/c1-9-11(16)8-17-14(13(9)15)18-7-6-10-4-2-3-5-12(10)18/h8,10,12H,2-7,16H2,1H3. The van der Waals surface area contributed by atoms with E-state index in [2.05, 4.69) is 32.7 Å². The van der Waals surface area contributed by atoms with Gasteiger partial charge in [-0.2, -0.15) is 0 Å². The number of hydrogen-bond acceptors (Lipinski definition) is 3. The van der Waals surface area contributed by atoms with Crippen LogP contribution in [-0.4, -0.2) is 17.6 Å². The zero-order valence-electron chi connectivity index (χ0n) is 10.8. The minimum atomic E-state index is 0.700. The van der Waals surface area contributed by atoms with Crippen molar-refractivity contribution in [3.05, 3.63) is 16.2 Å². The highest BCUT2D eigenvalue weighted by molar-refractivity contribution is 9.10. The van der Waals surface area contributed by atoms with Gasteiger partial charge in [-0.15, -0.1) is 0 Å². The predicted molar refractivity (Wildman–Crippen MR) is 78.8 cm³/mol. The summed E-state index contributed by atoms with van der Waals surface area (Å²) in [6.07, 6.45) is 8.61.